The van der Waals surface area contributed by atoms with Gasteiger partial charge < -0.3 is 35.0 Å². The highest BCUT2D eigenvalue weighted by Crippen LogP contribution is 2.76. The van der Waals surface area contributed by atoms with Crippen molar-refractivity contribution in [1.29, 1.82) is 0 Å². The average molecular weight is 617 g/mol. The van der Waals surface area contributed by atoms with Gasteiger partial charge in [-0.15, -0.1) is 0 Å². The zero-order chi connectivity index (χ0) is 31.8. The molecular formula is C36H56O8. The highest BCUT2D eigenvalue weighted by Gasteiger charge is 2.73. The molecular weight excluding hydrogens is 560 g/mol. The lowest BCUT2D eigenvalue weighted by molar-refractivity contribution is -0.374. The maximum absolute atomic E-state index is 12.9. The Balaban J connectivity index is 1.18. The number of hydrogen-bond donors (Lipinski definition) is 5. The number of aliphatic hydroxyl groups is 4. The van der Waals surface area contributed by atoms with Gasteiger partial charge in [0.15, 0.2) is 0 Å². The molecule has 8 heteroatoms. The zero-order valence-corrected chi connectivity index (χ0v) is 27.6. The van der Waals surface area contributed by atoms with Gasteiger partial charge in [0.05, 0.1) is 23.7 Å². The van der Waals surface area contributed by atoms with Crippen LogP contribution in [0.4, 0.5) is 0 Å². The maximum atomic E-state index is 12.9. The Morgan fingerprint density at radius 2 is 1.57 bits per heavy atom. The Morgan fingerprint density at radius 1 is 0.864 bits per heavy atom. The maximum Gasteiger partial charge on any atom is 0.310 e. The van der Waals surface area contributed by atoms with Crippen molar-refractivity contribution in [3.8, 4) is 0 Å². The van der Waals surface area contributed by atoms with E-state index in [9.17, 15) is 30.3 Å². The summed E-state index contributed by atoms with van der Waals surface area (Å²) in [5, 5.41) is 52.0. The van der Waals surface area contributed by atoms with Crippen LogP contribution in [0.2, 0.25) is 0 Å². The predicted molar refractivity (Wildman–Crippen MR) is 163 cm³/mol. The number of ether oxygens (including phenoxy) is 2. The summed E-state index contributed by atoms with van der Waals surface area (Å²) in [6.07, 6.45) is 5.86. The normalized spacial score (nSPS) is 57.7. The molecule has 7 rings (SSSR count). The van der Waals surface area contributed by atoms with Crippen LogP contribution in [-0.2, 0) is 14.3 Å². The molecule has 2 heterocycles. The summed E-state index contributed by atoms with van der Waals surface area (Å²) >= 11 is 0. The summed E-state index contributed by atoms with van der Waals surface area (Å²) in [5.74, 6) is 0.470. The van der Waals surface area contributed by atoms with Gasteiger partial charge in [-0.1, -0.05) is 46.3 Å². The van der Waals surface area contributed by atoms with E-state index in [4.69, 9.17) is 9.47 Å². The summed E-state index contributed by atoms with van der Waals surface area (Å²) in [6.45, 7) is 13.9. The number of carboxylic acids is 1. The lowest BCUT2D eigenvalue weighted by Gasteiger charge is -2.74. The van der Waals surface area contributed by atoms with Crippen LogP contribution in [0.25, 0.3) is 0 Å². The van der Waals surface area contributed by atoms with Gasteiger partial charge in [-0.05, 0) is 111 Å². The minimum Gasteiger partial charge on any atom is -0.481 e. The lowest BCUT2D eigenvalue weighted by Crippen LogP contribution is -2.76. The Labute approximate surface area is 262 Å². The second-order valence-electron chi connectivity index (χ2n) is 17.9. The summed E-state index contributed by atoms with van der Waals surface area (Å²) in [5.41, 5.74) is 0.683. The Hall–Kier alpha value is -1.03. The number of aliphatic carboxylic acids is 1. The van der Waals surface area contributed by atoms with Crippen LogP contribution in [0.1, 0.15) is 106 Å². The predicted octanol–water partition coefficient (Wildman–Crippen LogP) is 4.46. The van der Waals surface area contributed by atoms with Gasteiger partial charge in [-0.25, -0.2) is 0 Å². The second-order valence-corrected chi connectivity index (χ2v) is 17.9. The molecule has 6 fully saturated rings. The summed E-state index contributed by atoms with van der Waals surface area (Å²) in [4.78, 5) is 12.9. The van der Waals surface area contributed by atoms with Crippen LogP contribution in [0.15, 0.2) is 11.6 Å². The summed E-state index contributed by atoms with van der Waals surface area (Å²) in [6, 6.07) is 0. The molecule has 248 valence electrons. The van der Waals surface area contributed by atoms with Gasteiger partial charge in [0.25, 0.3) is 0 Å². The van der Waals surface area contributed by atoms with Crippen LogP contribution in [-0.4, -0.2) is 80.3 Å². The summed E-state index contributed by atoms with van der Waals surface area (Å²) in [7, 11) is 0. The first kappa shape index (κ1) is 31.6. The zero-order valence-electron chi connectivity index (χ0n) is 27.6. The molecule has 0 amide bonds. The van der Waals surface area contributed by atoms with Gasteiger partial charge in [-0.2, -0.15) is 0 Å². The minimum atomic E-state index is -1.39. The quantitative estimate of drug-likeness (QED) is 0.293. The lowest BCUT2D eigenvalue weighted by atomic mass is 9.33. The van der Waals surface area contributed by atoms with Crippen molar-refractivity contribution in [3.63, 3.8) is 0 Å². The van der Waals surface area contributed by atoms with E-state index >= 15 is 0 Å². The Kier molecular flexibility index (Phi) is 7.00. The number of rotatable bonds is 3. The van der Waals surface area contributed by atoms with Gasteiger partial charge in [0.1, 0.15) is 30.5 Å². The van der Waals surface area contributed by atoms with Crippen molar-refractivity contribution in [3.05, 3.63) is 11.6 Å². The largest absolute Gasteiger partial charge is 0.481 e. The second kappa shape index (κ2) is 9.76. The number of hydrogen-bond acceptors (Lipinski definition) is 7. The SMILES string of the molecule is CC1(C)CC[C@]2(C(=O)O)CC[C@]3(C)C(=CCC4[C@@]5(C)CC[C@@H]6[C@@H]([C@H]7OC(CO)[C@@H](O)C(O)C7O)O[C@@]6(C)C5CC[C@]43C)C2C1. The Bertz CT molecular complexity index is 1230. The highest BCUT2D eigenvalue weighted by atomic mass is 16.6. The molecule has 2 aliphatic heterocycles. The molecule has 7 aliphatic rings. The molecule has 44 heavy (non-hydrogen) atoms. The van der Waals surface area contributed by atoms with Crippen LogP contribution in [0.5, 0.6) is 0 Å². The van der Waals surface area contributed by atoms with E-state index in [1.807, 2.05) is 0 Å². The van der Waals surface area contributed by atoms with Crippen molar-refractivity contribution in [1.82, 2.24) is 0 Å². The number of fused-ring (bicyclic) bond motifs is 9. The molecule has 2 saturated heterocycles. The van der Waals surface area contributed by atoms with Crippen molar-refractivity contribution < 1.29 is 39.8 Å². The fourth-order valence-electron chi connectivity index (χ4n) is 13.0. The van der Waals surface area contributed by atoms with Crippen molar-refractivity contribution >= 4 is 5.97 Å². The van der Waals surface area contributed by atoms with E-state index in [-0.39, 0.29) is 39.1 Å². The first-order chi connectivity index (χ1) is 20.5. The molecule has 0 bridgehead atoms. The van der Waals surface area contributed by atoms with Crippen LogP contribution < -0.4 is 0 Å². The van der Waals surface area contributed by atoms with Crippen LogP contribution >= 0.6 is 0 Å². The van der Waals surface area contributed by atoms with E-state index in [1.165, 1.54) is 5.57 Å². The molecule has 0 aromatic rings. The van der Waals surface area contributed by atoms with E-state index in [1.54, 1.807) is 0 Å². The number of allylic oxidation sites excluding steroid dienone is 2. The third kappa shape index (κ3) is 3.82. The van der Waals surface area contributed by atoms with Gasteiger partial charge >= 0.3 is 5.97 Å². The monoisotopic (exact) mass is 616 g/mol. The van der Waals surface area contributed by atoms with Gasteiger partial charge in [0, 0.05) is 5.92 Å². The summed E-state index contributed by atoms with van der Waals surface area (Å²) < 4.78 is 12.8. The fraction of sp³-hybridized carbons (Fsp3) is 0.917. The first-order valence-corrected chi connectivity index (χ1v) is 17.4. The average Bonchev–Trinajstić information content (AvgIpc) is 2.94. The molecule has 0 aromatic carbocycles. The number of aliphatic hydroxyl groups excluding tert-OH is 4. The smallest absolute Gasteiger partial charge is 0.310 e. The molecule has 15 atom stereocenters. The molecule has 0 spiro atoms. The van der Waals surface area contributed by atoms with E-state index < -0.39 is 54.6 Å². The highest BCUT2D eigenvalue weighted by molar-refractivity contribution is 5.76. The topological polar surface area (TPSA) is 137 Å². The minimum absolute atomic E-state index is 0.0297. The molecule has 4 saturated carbocycles. The van der Waals surface area contributed by atoms with Crippen molar-refractivity contribution in [2.24, 2.45) is 50.7 Å². The first-order valence-electron chi connectivity index (χ1n) is 17.4. The molecule has 0 aromatic heterocycles. The van der Waals surface area contributed by atoms with Crippen molar-refractivity contribution in [2.45, 2.75) is 148 Å². The van der Waals surface area contributed by atoms with E-state index in [2.05, 4.69) is 47.6 Å². The number of carbonyl (C=O) groups is 1. The molecule has 6 unspecified atom stereocenters. The number of carboxylic acid groups (broad SMARTS) is 1. The standard InChI is InChI=1S/C36H56O8/c1-31(2)13-15-36(30(41)42)16-14-33(4)19(21(36)17-31)7-8-23-32(3)11-9-20-28(29-27(40)26(39)25(38)22(18-37)43-29)44-35(20,6)24(32)10-12-34(23,33)5/h7,20-29,37-40H,8-18H2,1-6H3,(H,41,42)/t20-,21?,22?,23?,24?,25-,26?,27?,28+,29+,32-,33-,34-,35-,36+/m1/s1. The molecule has 0 radical (unpaired) electrons. The van der Waals surface area contributed by atoms with Crippen molar-refractivity contribution in [2.75, 3.05) is 6.61 Å². The van der Waals surface area contributed by atoms with E-state index in [0.29, 0.717) is 11.8 Å². The fourth-order valence-corrected chi connectivity index (χ4v) is 13.0. The van der Waals surface area contributed by atoms with E-state index in [0.717, 1.165) is 64.2 Å². The molecule has 8 nitrogen and oxygen atoms in total. The van der Waals surface area contributed by atoms with Gasteiger partial charge in [-0.3, -0.25) is 4.79 Å². The Morgan fingerprint density at radius 3 is 2.25 bits per heavy atom. The van der Waals surface area contributed by atoms with Gasteiger partial charge in [0.2, 0.25) is 0 Å². The van der Waals surface area contributed by atoms with Crippen LogP contribution in [0, 0.1) is 50.7 Å². The third-order valence-corrected chi connectivity index (χ3v) is 15.8. The molecule has 5 aliphatic carbocycles. The molecule has 5 N–H and O–H groups in total. The van der Waals surface area contributed by atoms with Crippen LogP contribution in [0.3, 0.4) is 0 Å². The third-order valence-electron chi connectivity index (χ3n) is 15.8.